The summed E-state index contributed by atoms with van der Waals surface area (Å²) in [5.41, 5.74) is 4.34. The van der Waals surface area contributed by atoms with Crippen molar-refractivity contribution in [1.82, 2.24) is 4.37 Å². The first-order chi connectivity index (χ1) is 15.0. The summed E-state index contributed by atoms with van der Waals surface area (Å²) in [4.78, 5) is 14.3. The first kappa shape index (κ1) is 22.1. The number of hydrogen-bond donors (Lipinski definition) is 1. The highest BCUT2D eigenvalue weighted by Crippen LogP contribution is 2.34. The molecule has 0 saturated carbocycles. The van der Waals surface area contributed by atoms with Crippen molar-refractivity contribution in [2.24, 2.45) is 10.2 Å². The van der Waals surface area contributed by atoms with E-state index in [1.54, 1.807) is 13.8 Å². The SMILES string of the molecule is CCC(=O)Nc1cc(N(CC)Cc2ccccc2)ccc1N=Nc1snc(C)c1C#N. The predicted octanol–water partition coefficient (Wildman–Crippen LogP) is 6.11. The van der Waals surface area contributed by atoms with Crippen molar-refractivity contribution in [2.45, 2.75) is 33.7 Å². The number of nitrogens with zero attached hydrogens (tertiary/aromatic N) is 5. The van der Waals surface area contributed by atoms with Crippen LogP contribution in [-0.4, -0.2) is 16.8 Å². The standard InChI is InChI=1S/C23H24N6OS/c1-4-22(30)25-21-13-18(29(5-2)15-17-9-7-6-8-10-17)11-12-20(21)26-27-23-19(14-24)16(3)28-31-23/h6-13H,4-5,15H2,1-3H3,(H,25,30). The Morgan fingerprint density at radius 2 is 1.97 bits per heavy atom. The minimum Gasteiger partial charge on any atom is -0.367 e. The minimum absolute atomic E-state index is 0.106. The van der Waals surface area contributed by atoms with Crippen LogP contribution in [0.1, 0.15) is 37.1 Å². The molecule has 7 nitrogen and oxygen atoms in total. The van der Waals surface area contributed by atoms with Gasteiger partial charge in [-0.1, -0.05) is 37.3 Å². The topological polar surface area (TPSA) is 93.7 Å². The van der Waals surface area contributed by atoms with E-state index in [-0.39, 0.29) is 5.91 Å². The quantitative estimate of drug-likeness (QED) is 0.434. The first-order valence-electron chi connectivity index (χ1n) is 10.1. The van der Waals surface area contributed by atoms with E-state index in [1.807, 2.05) is 36.4 Å². The molecule has 1 aromatic heterocycles. The molecule has 2 aromatic carbocycles. The van der Waals surface area contributed by atoms with E-state index in [1.165, 1.54) is 5.56 Å². The second kappa shape index (κ2) is 10.5. The van der Waals surface area contributed by atoms with Gasteiger partial charge in [0.2, 0.25) is 5.91 Å². The van der Waals surface area contributed by atoms with Gasteiger partial charge in [0.1, 0.15) is 17.3 Å². The summed E-state index contributed by atoms with van der Waals surface area (Å²) < 4.78 is 4.16. The average molecular weight is 433 g/mol. The molecule has 0 aliphatic carbocycles. The summed E-state index contributed by atoms with van der Waals surface area (Å²) >= 11 is 1.13. The molecule has 3 aromatic rings. The monoisotopic (exact) mass is 432 g/mol. The van der Waals surface area contributed by atoms with Crippen LogP contribution in [-0.2, 0) is 11.3 Å². The van der Waals surface area contributed by atoms with Crippen molar-refractivity contribution in [3.63, 3.8) is 0 Å². The number of hydrogen-bond acceptors (Lipinski definition) is 7. The van der Waals surface area contributed by atoms with Crippen LogP contribution in [0, 0.1) is 18.3 Å². The van der Waals surface area contributed by atoms with Gasteiger partial charge in [-0.15, -0.1) is 10.2 Å². The van der Waals surface area contributed by atoms with Gasteiger partial charge in [0.15, 0.2) is 5.00 Å². The van der Waals surface area contributed by atoms with Gasteiger partial charge in [-0.05, 0) is 49.1 Å². The fourth-order valence-corrected chi connectivity index (χ4v) is 3.67. The summed E-state index contributed by atoms with van der Waals surface area (Å²) in [6, 6.07) is 18.1. The molecular formula is C23H24N6OS. The fourth-order valence-electron chi connectivity index (χ4n) is 2.99. The molecule has 0 atom stereocenters. The van der Waals surface area contributed by atoms with Crippen LogP contribution in [0.15, 0.2) is 58.8 Å². The maximum absolute atomic E-state index is 12.1. The number of rotatable bonds is 8. The maximum Gasteiger partial charge on any atom is 0.224 e. The second-order valence-electron chi connectivity index (χ2n) is 6.86. The van der Waals surface area contributed by atoms with Gasteiger partial charge >= 0.3 is 0 Å². The number of aromatic nitrogens is 1. The Morgan fingerprint density at radius 3 is 2.65 bits per heavy atom. The molecule has 0 spiro atoms. The van der Waals surface area contributed by atoms with E-state index in [2.05, 4.69) is 49.9 Å². The number of nitrogens with one attached hydrogen (secondary N) is 1. The van der Waals surface area contributed by atoms with Crippen LogP contribution in [0.25, 0.3) is 0 Å². The third-order valence-electron chi connectivity index (χ3n) is 4.74. The van der Waals surface area contributed by atoms with Crippen molar-refractivity contribution >= 4 is 39.5 Å². The summed E-state index contributed by atoms with van der Waals surface area (Å²) in [5, 5.41) is 21.2. The van der Waals surface area contributed by atoms with Crippen molar-refractivity contribution in [3.05, 3.63) is 65.4 Å². The molecule has 0 radical (unpaired) electrons. The zero-order chi connectivity index (χ0) is 22.2. The summed E-state index contributed by atoms with van der Waals surface area (Å²) in [6.45, 7) is 7.22. The second-order valence-corrected chi connectivity index (χ2v) is 7.61. The third-order valence-corrected chi connectivity index (χ3v) is 5.57. The van der Waals surface area contributed by atoms with Gasteiger partial charge in [-0.3, -0.25) is 4.79 Å². The van der Waals surface area contributed by atoms with Gasteiger partial charge in [0, 0.05) is 25.2 Å². The molecular weight excluding hydrogens is 408 g/mol. The normalized spacial score (nSPS) is 10.8. The number of aryl methyl sites for hydroxylation is 1. The number of benzene rings is 2. The van der Waals surface area contributed by atoms with E-state index < -0.39 is 0 Å². The molecule has 8 heteroatoms. The lowest BCUT2D eigenvalue weighted by molar-refractivity contribution is -0.115. The summed E-state index contributed by atoms with van der Waals surface area (Å²) in [6.07, 6.45) is 0.356. The Labute approximate surface area is 186 Å². The third kappa shape index (κ3) is 5.53. The Hall–Kier alpha value is -3.57. The van der Waals surface area contributed by atoms with Gasteiger partial charge in [-0.25, -0.2) is 0 Å². The Bertz CT molecular complexity index is 1120. The zero-order valence-electron chi connectivity index (χ0n) is 17.8. The molecule has 1 amide bonds. The van der Waals surface area contributed by atoms with E-state index in [4.69, 9.17) is 0 Å². The van der Waals surface area contributed by atoms with E-state index in [0.717, 1.165) is 30.3 Å². The lowest BCUT2D eigenvalue weighted by atomic mass is 10.1. The van der Waals surface area contributed by atoms with Crippen LogP contribution in [0.4, 0.5) is 22.1 Å². The van der Waals surface area contributed by atoms with Crippen molar-refractivity contribution in [3.8, 4) is 6.07 Å². The average Bonchev–Trinajstić information content (AvgIpc) is 3.16. The Morgan fingerprint density at radius 1 is 1.19 bits per heavy atom. The highest BCUT2D eigenvalue weighted by molar-refractivity contribution is 7.10. The Balaban J connectivity index is 1.93. The molecule has 0 aliphatic rings. The molecule has 1 N–H and O–H groups in total. The number of anilines is 2. The Kier molecular flexibility index (Phi) is 7.46. The summed E-state index contributed by atoms with van der Waals surface area (Å²) in [7, 11) is 0. The number of carbonyl (C=O) groups is 1. The van der Waals surface area contributed by atoms with E-state index in [0.29, 0.717) is 34.1 Å². The van der Waals surface area contributed by atoms with Crippen molar-refractivity contribution in [2.75, 3.05) is 16.8 Å². The molecule has 0 bridgehead atoms. The van der Waals surface area contributed by atoms with Crippen LogP contribution in [0.2, 0.25) is 0 Å². The molecule has 1 heterocycles. The van der Waals surface area contributed by atoms with Crippen molar-refractivity contribution in [1.29, 1.82) is 5.26 Å². The smallest absolute Gasteiger partial charge is 0.224 e. The summed E-state index contributed by atoms with van der Waals surface area (Å²) in [5.74, 6) is -0.106. The molecule has 0 fully saturated rings. The zero-order valence-corrected chi connectivity index (χ0v) is 18.6. The molecule has 0 unspecified atom stereocenters. The number of carbonyl (C=O) groups excluding carboxylic acids is 1. The maximum atomic E-state index is 12.1. The van der Waals surface area contributed by atoms with Crippen molar-refractivity contribution < 1.29 is 4.79 Å². The molecule has 158 valence electrons. The number of amides is 1. The predicted molar refractivity (Wildman–Crippen MR) is 124 cm³/mol. The van der Waals surface area contributed by atoms with Crippen LogP contribution >= 0.6 is 11.5 Å². The molecule has 0 saturated heterocycles. The van der Waals surface area contributed by atoms with Crippen LogP contribution in [0.3, 0.4) is 0 Å². The largest absolute Gasteiger partial charge is 0.367 e. The molecule has 3 rings (SSSR count). The minimum atomic E-state index is -0.106. The molecule has 0 aliphatic heterocycles. The van der Waals surface area contributed by atoms with Gasteiger partial charge in [0.05, 0.1) is 11.4 Å². The lowest BCUT2D eigenvalue weighted by Crippen LogP contribution is -2.22. The highest BCUT2D eigenvalue weighted by atomic mass is 32.1. The van der Waals surface area contributed by atoms with Crippen LogP contribution in [0.5, 0.6) is 0 Å². The fraction of sp³-hybridized carbons (Fsp3) is 0.261. The highest BCUT2D eigenvalue weighted by Gasteiger charge is 2.13. The molecule has 31 heavy (non-hydrogen) atoms. The number of azo groups is 1. The van der Waals surface area contributed by atoms with Crippen LogP contribution < -0.4 is 10.2 Å². The first-order valence-corrected chi connectivity index (χ1v) is 10.8. The van der Waals surface area contributed by atoms with Gasteiger partial charge in [-0.2, -0.15) is 9.64 Å². The van der Waals surface area contributed by atoms with Gasteiger partial charge < -0.3 is 10.2 Å². The lowest BCUT2D eigenvalue weighted by Gasteiger charge is -2.24. The van der Waals surface area contributed by atoms with Gasteiger partial charge in [0.25, 0.3) is 0 Å². The van der Waals surface area contributed by atoms with E-state index >= 15 is 0 Å². The number of nitriles is 1. The van der Waals surface area contributed by atoms with E-state index in [9.17, 15) is 10.1 Å².